The van der Waals surface area contributed by atoms with Crippen LogP contribution in [0.2, 0.25) is 0 Å². The summed E-state index contributed by atoms with van der Waals surface area (Å²) in [5.74, 6) is 0. The van der Waals surface area contributed by atoms with Crippen LogP contribution in [0, 0.1) is 0 Å². The highest BCUT2D eigenvalue weighted by Gasteiger charge is 1.95. The predicted octanol–water partition coefficient (Wildman–Crippen LogP) is 1.86. The average molecular weight is 150 g/mol. The summed E-state index contributed by atoms with van der Waals surface area (Å²) in [6.45, 7) is 2.14. The van der Waals surface area contributed by atoms with E-state index in [0.29, 0.717) is 6.16 Å². The van der Waals surface area contributed by atoms with Gasteiger partial charge >= 0.3 is 0 Å². The molecule has 0 aromatic carbocycles. The van der Waals surface area contributed by atoms with E-state index in [-0.39, 0.29) is 0 Å². The zero-order valence-corrected chi connectivity index (χ0v) is 6.77. The Hall–Kier alpha value is 0.350. The highest BCUT2D eigenvalue weighted by Crippen LogP contribution is 2.24. The molecule has 0 unspecified atom stereocenters. The maximum Gasteiger partial charge on any atom is 0.164 e. The number of hydrogen-bond donors (Lipinski definition) is 2. The van der Waals surface area contributed by atoms with Gasteiger partial charge in [0.1, 0.15) is 0 Å². The van der Waals surface area contributed by atoms with Crippen LogP contribution in [0.15, 0.2) is 0 Å². The zero-order chi connectivity index (χ0) is 7.11. The molecule has 0 amide bonds. The molecule has 0 aliphatic rings. The van der Waals surface area contributed by atoms with Gasteiger partial charge in [-0.15, -0.1) is 0 Å². The largest absolute Gasteiger partial charge is 0.350 e. The van der Waals surface area contributed by atoms with Gasteiger partial charge in [0.2, 0.25) is 0 Å². The van der Waals surface area contributed by atoms with Crippen molar-refractivity contribution in [1.82, 2.24) is 0 Å². The van der Waals surface area contributed by atoms with Crippen LogP contribution < -0.4 is 0 Å². The van der Waals surface area contributed by atoms with E-state index in [1.165, 1.54) is 12.8 Å². The highest BCUT2D eigenvalue weighted by atomic mass is 31.2. The molecule has 9 heavy (non-hydrogen) atoms. The van der Waals surface area contributed by atoms with Gasteiger partial charge in [-0.2, -0.15) is 0 Å². The van der Waals surface area contributed by atoms with Crippen molar-refractivity contribution in [3.63, 3.8) is 0 Å². The van der Waals surface area contributed by atoms with Crippen LogP contribution >= 0.6 is 8.38 Å². The van der Waals surface area contributed by atoms with Crippen molar-refractivity contribution in [3.05, 3.63) is 0 Å². The van der Waals surface area contributed by atoms with Crippen molar-refractivity contribution in [2.75, 3.05) is 6.16 Å². The van der Waals surface area contributed by atoms with E-state index in [4.69, 9.17) is 9.79 Å². The quantitative estimate of drug-likeness (QED) is 0.464. The Balaban J connectivity index is 2.75. The molecule has 2 N–H and O–H groups in total. The Bertz CT molecular complexity index is 57.0. The molecular formula is C6H15O2P. The molecular weight excluding hydrogens is 135 g/mol. The van der Waals surface area contributed by atoms with Crippen molar-refractivity contribution in [2.45, 2.75) is 32.6 Å². The maximum absolute atomic E-state index is 8.47. The van der Waals surface area contributed by atoms with E-state index in [1.807, 2.05) is 0 Å². The fraction of sp³-hybridized carbons (Fsp3) is 1.00. The van der Waals surface area contributed by atoms with E-state index in [0.717, 1.165) is 12.8 Å². The predicted molar refractivity (Wildman–Crippen MR) is 40.4 cm³/mol. The van der Waals surface area contributed by atoms with Crippen molar-refractivity contribution >= 4 is 8.38 Å². The Kier molecular flexibility index (Phi) is 6.72. The van der Waals surface area contributed by atoms with Crippen LogP contribution in [0.4, 0.5) is 0 Å². The van der Waals surface area contributed by atoms with Crippen molar-refractivity contribution < 1.29 is 9.79 Å². The first-order valence-corrected chi connectivity index (χ1v) is 4.86. The second-order valence-electron chi connectivity index (χ2n) is 2.16. The molecule has 0 aliphatic carbocycles. The van der Waals surface area contributed by atoms with Gasteiger partial charge in [-0.25, -0.2) is 0 Å². The van der Waals surface area contributed by atoms with E-state index in [9.17, 15) is 0 Å². The number of rotatable bonds is 5. The maximum atomic E-state index is 8.47. The summed E-state index contributed by atoms with van der Waals surface area (Å²) in [7, 11) is -1.62. The molecule has 0 saturated carbocycles. The zero-order valence-electron chi connectivity index (χ0n) is 5.88. The molecule has 0 bridgehead atoms. The van der Waals surface area contributed by atoms with Crippen molar-refractivity contribution in [1.29, 1.82) is 0 Å². The molecule has 3 heteroatoms. The SMILES string of the molecule is CCCCCCP(O)O. The fourth-order valence-electron chi connectivity index (χ4n) is 0.680. The molecule has 0 atom stereocenters. The molecule has 56 valence electrons. The summed E-state index contributed by atoms with van der Waals surface area (Å²) in [5, 5.41) is 0. The van der Waals surface area contributed by atoms with Gasteiger partial charge in [0.15, 0.2) is 8.38 Å². The first-order valence-electron chi connectivity index (χ1n) is 3.42. The molecule has 0 fully saturated rings. The lowest BCUT2D eigenvalue weighted by Crippen LogP contribution is -1.82. The smallest absolute Gasteiger partial charge is 0.164 e. The lowest BCUT2D eigenvalue weighted by atomic mass is 10.2. The summed E-state index contributed by atoms with van der Waals surface area (Å²) in [4.78, 5) is 16.9. The third-order valence-corrected chi connectivity index (χ3v) is 1.93. The number of unbranched alkanes of at least 4 members (excludes halogenated alkanes) is 3. The van der Waals surface area contributed by atoms with Crippen molar-refractivity contribution in [2.24, 2.45) is 0 Å². The van der Waals surface area contributed by atoms with Crippen LogP contribution in [-0.2, 0) is 0 Å². The minimum absolute atomic E-state index is 0.593. The molecule has 0 aromatic heterocycles. The summed E-state index contributed by atoms with van der Waals surface area (Å²) in [6.07, 6.45) is 5.11. The van der Waals surface area contributed by atoms with Crippen molar-refractivity contribution in [3.8, 4) is 0 Å². The molecule has 0 aliphatic heterocycles. The topological polar surface area (TPSA) is 40.5 Å². The van der Waals surface area contributed by atoms with Gasteiger partial charge in [-0.1, -0.05) is 26.2 Å². The third kappa shape index (κ3) is 8.35. The summed E-state index contributed by atoms with van der Waals surface area (Å²) >= 11 is 0. The standard InChI is InChI=1S/C6H15O2P/c1-2-3-4-5-6-9(7)8/h7-8H,2-6H2,1H3. The molecule has 0 radical (unpaired) electrons. The summed E-state index contributed by atoms with van der Waals surface area (Å²) < 4.78 is 0. The fourth-order valence-corrected chi connectivity index (χ4v) is 1.19. The summed E-state index contributed by atoms with van der Waals surface area (Å²) in [6, 6.07) is 0. The van der Waals surface area contributed by atoms with E-state index in [1.54, 1.807) is 0 Å². The van der Waals surface area contributed by atoms with Gasteiger partial charge < -0.3 is 9.79 Å². The normalized spacial score (nSPS) is 10.7. The monoisotopic (exact) mass is 150 g/mol. The minimum atomic E-state index is -1.62. The summed E-state index contributed by atoms with van der Waals surface area (Å²) in [5.41, 5.74) is 0. The van der Waals surface area contributed by atoms with Gasteiger partial charge in [0.05, 0.1) is 0 Å². The molecule has 0 spiro atoms. The minimum Gasteiger partial charge on any atom is -0.350 e. The second kappa shape index (κ2) is 6.47. The molecule has 0 rings (SSSR count). The van der Waals surface area contributed by atoms with Gasteiger partial charge in [0.25, 0.3) is 0 Å². The molecule has 0 heterocycles. The van der Waals surface area contributed by atoms with Crippen LogP contribution in [0.5, 0.6) is 0 Å². The Morgan fingerprint density at radius 2 is 1.78 bits per heavy atom. The molecule has 0 aromatic rings. The van der Waals surface area contributed by atoms with Crippen LogP contribution in [-0.4, -0.2) is 15.9 Å². The van der Waals surface area contributed by atoms with Crippen LogP contribution in [0.3, 0.4) is 0 Å². The highest BCUT2D eigenvalue weighted by molar-refractivity contribution is 7.45. The van der Waals surface area contributed by atoms with Gasteiger partial charge in [-0.05, 0) is 6.42 Å². The lowest BCUT2D eigenvalue weighted by Gasteiger charge is -1.99. The lowest BCUT2D eigenvalue weighted by molar-refractivity contribution is 0.478. The second-order valence-corrected chi connectivity index (χ2v) is 3.35. The Morgan fingerprint density at radius 3 is 2.22 bits per heavy atom. The first-order chi connectivity index (χ1) is 4.27. The van der Waals surface area contributed by atoms with E-state index < -0.39 is 8.38 Å². The van der Waals surface area contributed by atoms with E-state index >= 15 is 0 Å². The first kappa shape index (κ1) is 9.35. The van der Waals surface area contributed by atoms with Gasteiger partial charge in [-0.3, -0.25) is 0 Å². The average Bonchev–Trinajstić information content (AvgIpc) is 1.80. The molecule has 2 nitrogen and oxygen atoms in total. The Morgan fingerprint density at radius 1 is 1.11 bits per heavy atom. The number of hydrogen-bond acceptors (Lipinski definition) is 2. The molecule has 0 saturated heterocycles. The van der Waals surface area contributed by atoms with Gasteiger partial charge in [0, 0.05) is 6.16 Å². The Labute approximate surface area is 57.8 Å². The van der Waals surface area contributed by atoms with E-state index in [2.05, 4.69) is 6.92 Å². The van der Waals surface area contributed by atoms with Crippen LogP contribution in [0.1, 0.15) is 32.6 Å². The van der Waals surface area contributed by atoms with Crippen LogP contribution in [0.25, 0.3) is 0 Å². The third-order valence-electron chi connectivity index (χ3n) is 1.21.